The predicted molar refractivity (Wildman–Crippen MR) is 74.9 cm³/mol. The Morgan fingerprint density at radius 1 is 1.39 bits per heavy atom. The lowest BCUT2D eigenvalue weighted by Crippen LogP contribution is -2.38. The van der Waals surface area contributed by atoms with Gasteiger partial charge in [-0.25, -0.2) is 0 Å². The maximum absolute atomic E-state index is 10.9. The standard InChI is InChI=1S/C15H25NO2/c1-6-15(17,12(2)11-16(3)4)13-8-7-9-14(10-13)18-5/h7-10,12,17H,6,11H2,1-5H3/t12-,15?/m0/s1. The molecule has 3 heteroatoms. The van der Waals surface area contributed by atoms with E-state index in [4.69, 9.17) is 4.74 Å². The minimum Gasteiger partial charge on any atom is -0.497 e. The number of hydrogen-bond acceptors (Lipinski definition) is 3. The summed E-state index contributed by atoms with van der Waals surface area (Å²) in [5, 5.41) is 10.9. The normalized spacial score (nSPS) is 16.4. The lowest BCUT2D eigenvalue weighted by Gasteiger charge is -2.35. The van der Waals surface area contributed by atoms with Crippen LogP contribution in [0.4, 0.5) is 0 Å². The van der Waals surface area contributed by atoms with Gasteiger partial charge in [0.1, 0.15) is 5.75 Å². The molecule has 0 radical (unpaired) electrons. The smallest absolute Gasteiger partial charge is 0.119 e. The molecule has 1 aromatic carbocycles. The summed E-state index contributed by atoms with van der Waals surface area (Å²) in [6, 6.07) is 7.72. The summed E-state index contributed by atoms with van der Waals surface area (Å²) in [7, 11) is 5.70. The second kappa shape index (κ2) is 6.21. The number of ether oxygens (including phenoxy) is 1. The molecule has 0 heterocycles. The van der Waals surface area contributed by atoms with Gasteiger partial charge in [0.15, 0.2) is 0 Å². The Bertz CT molecular complexity index is 379. The highest BCUT2D eigenvalue weighted by Gasteiger charge is 2.34. The second-order valence-corrected chi connectivity index (χ2v) is 5.17. The lowest BCUT2D eigenvalue weighted by atomic mass is 9.80. The van der Waals surface area contributed by atoms with Gasteiger partial charge in [0.05, 0.1) is 12.7 Å². The van der Waals surface area contributed by atoms with E-state index in [1.807, 2.05) is 45.3 Å². The molecule has 0 aromatic heterocycles. The quantitative estimate of drug-likeness (QED) is 0.843. The Morgan fingerprint density at radius 2 is 2.06 bits per heavy atom. The van der Waals surface area contributed by atoms with E-state index in [2.05, 4.69) is 11.8 Å². The van der Waals surface area contributed by atoms with Crippen LogP contribution in [-0.4, -0.2) is 37.8 Å². The first-order valence-electron chi connectivity index (χ1n) is 6.45. The van der Waals surface area contributed by atoms with Gasteiger partial charge >= 0.3 is 0 Å². The zero-order valence-electron chi connectivity index (χ0n) is 12.1. The van der Waals surface area contributed by atoms with E-state index in [0.29, 0.717) is 6.42 Å². The fourth-order valence-corrected chi connectivity index (χ4v) is 2.43. The van der Waals surface area contributed by atoms with Crippen molar-refractivity contribution < 1.29 is 9.84 Å². The molecule has 2 atom stereocenters. The number of nitrogens with zero attached hydrogens (tertiary/aromatic N) is 1. The molecule has 1 rings (SSSR count). The molecule has 0 saturated carbocycles. The Balaban J connectivity index is 3.05. The Hall–Kier alpha value is -1.06. The summed E-state index contributed by atoms with van der Waals surface area (Å²) in [6.45, 7) is 4.95. The Labute approximate surface area is 110 Å². The number of hydrogen-bond donors (Lipinski definition) is 1. The van der Waals surface area contributed by atoms with Crippen molar-refractivity contribution in [3.05, 3.63) is 29.8 Å². The maximum Gasteiger partial charge on any atom is 0.119 e. The van der Waals surface area contributed by atoms with Crippen LogP contribution in [0.25, 0.3) is 0 Å². The SMILES string of the molecule is CCC(O)(c1cccc(OC)c1)[C@@H](C)CN(C)C. The van der Waals surface area contributed by atoms with Crippen molar-refractivity contribution in [3.63, 3.8) is 0 Å². The molecule has 0 saturated heterocycles. The number of rotatable bonds is 6. The van der Waals surface area contributed by atoms with Crippen molar-refractivity contribution >= 4 is 0 Å². The second-order valence-electron chi connectivity index (χ2n) is 5.17. The van der Waals surface area contributed by atoms with Crippen molar-refractivity contribution in [2.45, 2.75) is 25.9 Å². The summed E-state index contributed by atoms with van der Waals surface area (Å²) in [4.78, 5) is 2.10. The van der Waals surface area contributed by atoms with E-state index in [-0.39, 0.29) is 5.92 Å². The van der Waals surface area contributed by atoms with Crippen molar-refractivity contribution in [2.75, 3.05) is 27.7 Å². The largest absolute Gasteiger partial charge is 0.497 e. The van der Waals surface area contributed by atoms with Crippen LogP contribution >= 0.6 is 0 Å². The highest BCUT2D eigenvalue weighted by molar-refractivity contribution is 5.32. The molecule has 3 nitrogen and oxygen atoms in total. The molecular weight excluding hydrogens is 226 g/mol. The third-order valence-corrected chi connectivity index (χ3v) is 3.56. The Morgan fingerprint density at radius 3 is 2.56 bits per heavy atom. The maximum atomic E-state index is 10.9. The monoisotopic (exact) mass is 251 g/mol. The zero-order chi connectivity index (χ0) is 13.8. The number of aliphatic hydroxyl groups is 1. The Kier molecular flexibility index (Phi) is 5.17. The molecule has 0 aliphatic carbocycles. The molecule has 0 fully saturated rings. The third kappa shape index (κ3) is 3.24. The van der Waals surface area contributed by atoms with E-state index in [1.54, 1.807) is 7.11 Å². The molecule has 102 valence electrons. The van der Waals surface area contributed by atoms with Crippen molar-refractivity contribution in [3.8, 4) is 5.75 Å². The topological polar surface area (TPSA) is 32.7 Å². The van der Waals surface area contributed by atoms with E-state index in [1.165, 1.54) is 0 Å². The fraction of sp³-hybridized carbons (Fsp3) is 0.600. The molecule has 0 amide bonds. The molecule has 1 unspecified atom stereocenters. The van der Waals surface area contributed by atoms with Gasteiger partial charge in [-0.05, 0) is 38.2 Å². The molecule has 0 spiro atoms. The van der Waals surface area contributed by atoms with E-state index >= 15 is 0 Å². The minimum absolute atomic E-state index is 0.157. The predicted octanol–water partition coefficient (Wildman–Crippen LogP) is 2.49. The highest BCUT2D eigenvalue weighted by Crippen LogP contribution is 2.34. The van der Waals surface area contributed by atoms with Crippen LogP contribution in [0, 0.1) is 5.92 Å². The molecule has 1 aromatic rings. The van der Waals surface area contributed by atoms with E-state index in [9.17, 15) is 5.11 Å². The van der Waals surface area contributed by atoms with Gasteiger partial charge in [-0.1, -0.05) is 26.0 Å². The fourth-order valence-electron chi connectivity index (χ4n) is 2.43. The summed E-state index contributed by atoms with van der Waals surface area (Å²) >= 11 is 0. The van der Waals surface area contributed by atoms with Gasteiger partial charge in [0.2, 0.25) is 0 Å². The van der Waals surface area contributed by atoms with Gasteiger partial charge in [0, 0.05) is 12.5 Å². The third-order valence-electron chi connectivity index (χ3n) is 3.56. The summed E-state index contributed by atoms with van der Waals surface area (Å²) < 4.78 is 5.23. The van der Waals surface area contributed by atoms with E-state index in [0.717, 1.165) is 17.9 Å². The van der Waals surface area contributed by atoms with Crippen LogP contribution in [0.3, 0.4) is 0 Å². The van der Waals surface area contributed by atoms with Crippen LogP contribution in [0.15, 0.2) is 24.3 Å². The first-order valence-corrected chi connectivity index (χ1v) is 6.45. The van der Waals surface area contributed by atoms with Crippen LogP contribution in [0.1, 0.15) is 25.8 Å². The average molecular weight is 251 g/mol. The molecule has 18 heavy (non-hydrogen) atoms. The molecular formula is C15H25NO2. The molecule has 1 N–H and O–H groups in total. The first-order chi connectivity index (χ1) is 8.43. The van der Waals surface area contributed by atoms with Gasteiger partial charge in [-0.3, -0.25) is 0 Å². The van der Waals surface area contributed by atoms with Crippen molar-refractivity contribution in [1.82, 2.24) is 4.90 Å². The zero-order valence-corrected chi connectivity index (χ0v) is 12.1. The molecule has 0 bridgehead atoms. The van der Waals surface area contributed by atoms with Gasteiger partial charge in [0.25, 0.3) is 0 Å². The van der Waals surface area contributed by atoms with Gasteiger partial charge in [-0.15, -0.1) is 0 Å². The average Bonchev–Trinajstić information content (AvgIpc) is 2.37. The lowest BCUT2D eigenvalue weighted by molar-refractivity contribution is -0.0293. The van der Waals surface area contributed by atoms with Gasteiger partial charge < -0.3 is 14.7 Å². The summed E-state index contributed by atoms with van der Waals surface area (Å²) in [6.07, 6.45) is 0.690. The van der Waals surface area contributed by atoms with Crippen LogP contribution < -0.4 is 4.74 Å². The van der Waals surface area contributed by atoms with Crippen molar-refractivity contribution in [2.24, 2.45) is 5.92 Å². The highest BCUT2D eigenvalue weighted by atomic mass is 16.5. The molecule has 0 aliphatic heterocycles. The summed E-state index contributed by atoms with van der Waals surface area (Å²) in [5.41, 5.74) is 0.123. The number of methoxy groups -OCH3 is 1. The minimum atomic E-state index is -0.807. The summed E-state index contributed by atoms with van der Waals surface area (Å²) in [5.74, 6) is 0.945. The van der Waals surface area contributed by atoms with Crippen molar-refractivity contribution in [1.29, 1.82) is 0 Å². The van der Waals surface area contributed by atoms with Crippen LogP contribution in [0.5, 0.6) is 5.75 Å². The molecule has 0 aliphatic rings. The van der Waals surface area contributed by atoms with Crippen LogP contribution in [0.2, 0.25) is 0 Å². The van der Waals surface area contributed by atoms with E-state index < -0.39 is 5.60 Å². The van der Waals surface area contributed by atoms with Gasteiger partial charge in [-0.2, -0.15) is 0 Å². The first kappa shape index (κ1) is 15.0. The van der Waals surface area contributed by atoms with Crippen LogP contribution in [-0.2, 0) is 5.60 Å². The number of benzene rings is 1.